The van der Waals surface area contributed by atoms with Crippen molar-refractivity contribution in [2.75, 3.05) is 11.1 Å². The highest BCUT2D eigenvalue weighted by molar-refractivity contribution is 7.91. The number of nitrogens with one attached hydrogen (secondary N) is 1. The summed E-state index contributed by atoms with van der Waals surface area (Å²) in [7, 11) is -3.47. The first-order chi connectivity index (χ1) is 16.4. The van der Waals surface area contributed by atoms with Crippen molar-refractivity contribution in [1.82, 2.24) is 4.98 Å². The van der Waals surface area contributed by atoms with Gasteiger partial charge in [-0.2, -0.15) is 0 Å². The number of aromatic hydroxyl groups is 1. The smallest absolute Gasteiger partial charge is 0.224 e. The SMILES string of the molecule is CCS(=O)(=O)c1ccc(O)c(NC(=O)CCc2nc(-c3ccccc3)c(-c3ccccc3)o2)c1. The molecule has 8 heteroatoms. The molecule has 34 heavy (non-hydrogen) atoms. The summed E-state index contributed by atoms with van der Waals surface area (Å²) in [5.74, 6) is 0.332. The van der Waals surface area contributed by atoms with Crippen molar-refractivity contribution in [3.63, 3.8) is 0 Å². The average Bonchev–Trinajstić information content (AvgIpc) is 3.29. The highest BCUT2D eigenvalue weighted by atomic mass is 32.2. The van der Waals surface area contributed by atoms with E-state index in [0.29, 0.717) is 17.3 Å². The molecule has 0 aliphatic carbocycles. The lowest BCUT2D eigenvalue weighted by Gasteiger charge is -2.09. The van der Waals surface area contributed by atoms with Crippen molar-refractivity contribution in [1.29, 1.82) is 0 Å². The second kappa shape index (κ2) is 9.93. The van der Waals surface area contributed by atoms with Crippen molar-refractivity contribution < 1.29 is 22.7 Å². The van der Waals surface area contributed by atoms with Crippen LogP contribution in [-0.4, -0.2) is 30.2 Å². The van der Waals surface area contributed by atoms with Crippen LogP contribution in [0.15, 0.2) is 88.2 Å². The third-order valence-corrected chi connectivity index (χ3v) is 7.03. The van der Waals surface area contributed by atoms with Gasteiger partial charge >= 0.3 is 0 Å². The fourth-order valence-electron chi connectivity index (χ4n) is 3.46. The predicted octanol–water partition coefficient (Wildman–Crippen LogP) is 5.08. The van der Waals surface area contributed by atoms with Crippen molar-refractivity contribution in [3.8, 4) is 28.3 Å². The number of aromatic nitrogens is 1. The molecule has 1 aromatic heterocycles. The third-order valence-electron chi connectivity index (χ3n) is 5.30. The van der Waals surface area contributed by atoms with Gasteiger partial charge in [0.15, 0.2) is 21.5 Å². The minimum absolute atomic E-state index is 0.0349. The van der Waals surface area contributed by atoms with Crippen LogP contribution >= 0.6 is 0 Å². The number of phenolic OH excluding ortho intramolecular Hbond substituents is 1. The largest absolute Gasteiger partial charge is 0.506 e. The Labute approximate surface area is 198 Å². The molecule has 0 saturated carbocycles. The van der Waals surface area contributed by atoms with Gasteiger partial charge in [-0.1, -0.05) is 67.6 Å². The molecule has 4 rings (SSSR count). The van der Waals surface area contributed by atoms with Gasteiger partial charge in [0.25, 0.3) is 0 Å². The van der Waals surface area contributed by atoms with Gasteiger partial charge in [0.1, 0.15) is 11.4 Å². The zero-order valence-electron chi connectivity index (χ0n) is 18.6. The highest BCUT2D eigenvalue weighted by Gasteiger charge is 2.19. The van der Waals surface area contributed by atoms with E-state index in [4.69, 9.17) is 4.42 Å². The molecular weight excluding hydrogens is 452 g/mol. The number of hydrogen-bond donors (Lipinski definition) is 2. The van der Waals surface area contributed by atoms with E-state index in [1.165, 1.54) is 25.1 Å². The Morgan fingerprint density at radius 1 is 0.971 bits per heavy atom. The summed E-state index contributed by atoms with van der Waals surface area (Å²) >= 11 is 0. The summed E-state index contributed by atoms with van der Waals surface area (Å²) in [6, 6.07) is 23.1. The summed E-state index contributed by atoms with van der Waals surface area (Å²) in [5, 5.41) is 12.6. The first-order valence-corrected chi connectivity index (χ1v) is 12.5. The molecule has 0 aliphatic rings. The first-order valence-electron chi connectivity index (χ1n) is 10.8. The number of phenols is 1. The summed E-state index contributed by atoms with van der Waals surface area (Å²) < 4.78 is 30.3. The number of amides is 1. The molecule has 1 heterocycles. The Bertz CT molecular complexity index is 1340. The Hall–Kier alpha value is -3.91. The van der Waals surface area contributed by atoms with E-state index in [9.17, 15) is 18.3 Å². The maximum Gasteiger partial charge on any atom is 0.224 e. The number of anilines is 1. The molecule has 0 unspecified atom stereocenters. The van der Waals surface area contributed by atoms with E-state index in [2.05, 4.69) is 10.3 Å². The molecule has 2 N–H and O–H groups in total. The molecule has 7 nitrogen and oxygen atoms in total. The van der Waals surface area contributed by atoms with Crippen molar-refractivity contribution in [2.45, 2.75) is 24.7 Å². The second-order valence-electron chi connectivity index (χ2n) is 7.65. The van der Waals surface area contributed by atoms with Crippen LogP contribution in [-0.2, 0) is 21.1 Å². The Morgan fingerprint density at radius 3 is 2.26 bits per heavy atom. The molecule has 0 saturated heterocycles. The number of sulfone groups is 1. The molecule has 0 radical (unpaired) electrons. The Morgan fingerprint density at radius 2 is 1.62 bits per heavy atom. The summed E-state index contributed by atoms with van der Waals surface area (Å²) in [6.07, 6.45) is 0.263. The number of benzene rings is 3. The quantitative estimate of drug-likeness (QED) is 0.343. The van der Waals surface area contributed by atoms with Crippen molar-refractivity contribution >= 4 is 21.4 Å². The molecule has 4 aromatic rings. The van der Waals surface area contributed by atoms with Gasteiger partial charge < -0.3 is 14.8 Å². The number of oxazole rings is 1. The summed E-state index contributed by atoms with van der Waals surface area (Å²) in [6.45, 7) is 1.53. The van der Waals surface area contributed by atoms with Gasteiger partial charge in [-0.05, 0) is 18.2 Å². The van der Waals surface area contributed by atoms with E-state index in [0.717, 1.165) is 11.1 Å². The van der Waals surface area contributed by atoms with Crippen molar-refractivity contribution in [3.05, 3.63) is 84.8 Å². The molecular formula is C26H24N2O5S. The molecule has 3 aromatic carbocycles. The van der Waals surface area contributed by atoms with Crippen LogP contribution in [0.4, 0.5) is 5.69 Å². The van der Waals surface area contributed by atoms with E-state index < -0.39 is 15.7 Å². The summed E-state index contributed by atoms with van der Waals surface area (Å²) in [5.41, 5.74) is 2.52. The topological polar surface area (TPSA) is 110 Å². The minimum Gasteiger partial charge on any atom is -0.506 e. The van der Waals surface area contributed by atoms with E-state index >= 15 is 0 Å². The van der Waals surface area contributed by atoms with E-state index in [-0.39, 0.29) is 34.9 Å². The molecule has 1 amide bonds. The van der Waals surface area contributed by atoms with Gasteiger partial charge in [-0.25, -0.2) is 13.4 Å². The van der Waals surface area contributed by atoms with Crippen LogP contribution in [0.1, 0.15) is 19.2 Å². The van der Waals surface area contributed by atoms with Gasteiger partial charge in [-0.15, -0.1) is 0 Å². The monoisotopic (exact) mass is 476 g/mol. The highest BCUT2D eigenvalue weighted by Crippen LogP contribution is 2.33. The molecule has 0 spiro atoms. The summed E-state index contributed by atoms with van der Waals surface area (Å²) in [4.78, 5) is 17.2. The Balaban J connectivity index is 1.53. The lowest BCUT2D eigenvalue weighted by Crippen LogP contribution is -2.13. The van der Waals surface area contributed by atoms with E-state index in [1.54, 1.807) is 0 Å². The predicted molar refractivity (Wildman–Crippen MR) is 130 cm³/mol. The fourth-order valence-corrected chi connectivity index (χ4v) is 4.36. The third kappa shape index (κ3) is 5.18. The average molecular weight is 477 g/mol. The zero-order chi connectivity index (χ0) is 24.1. The van der Waals surface area contributed by atoms with Crippen molar-refractivity contribution in [2.24, 2.45) is 0 Å². The fraction of sp³-hybridized carbons (Fsp3) is 0.154. The zero-order valence-corrected chi connectivity index (χ0v) is 19.4. The van der Waals surface area contributed by atoms with Gasteiger partial charge in [0.2, 0.25) is 5.91 Å². The second-order valence-corrected chi connectivity index (χ2v) is 9.93. The minimum atomic E-state index is -3.47. The number of hydrogen-bond acceptors (Lipinski definition) is 6. The van der Waals surface area contributed by atoms with Gasteiger partial charge in [-0.3, -0.25) is 4.79 Å². The van der Waals surface area contributed by atoms with Crippen LogP contribution in [0.3, 0.4) is 0 Å². The molecule has 174 valence electrons. The van der Waals surface area contributed by atoms with Gasteiger partial charge in [0.05, 0.1) is 16.3 Å². The molecule has 0 fully saturated rings. The maximum absolute atomic E-state index is 12.6. The first kappa shape index (κ1) is 23.3. The maximum atomic E-state index is 12.6. The van der Waals surface area contributed by atoms with E-state index in [1.807, 2.05) is 60.7 Å². The van der Waals surface area contributed by atoms with Crippen LogP contribution in [0.25, 0.3) is 22.6 Å². The lowest BCUT2D eigenvalue weighted by atomic mass is 10.1. The lowest BCUT2D eigenvalue weighted by molar-refractivity contribution is -0.116. The van der Waals surface area contributed by atoms with Crippen LogP contribution in [0, 0.1) is 0 Å². The number of aryl methyl sites for hydroxylation is 1. The number of carbonyl (C=O) groups excluding carboxylic acids is 1. The molecule has 0 aliphatic heterocycles. The van der Waals surface area contributed by atoms with Crippen LogP contribution < -0.4 is 5.32 Å². The Kier molecular flexibility index (Phi) is 6.79. The number of nitrogens with zero attached hydrogens (tertiary/aromatic N) is 1. The standard InChI is InChI=1S/C26H24N2O5S/c1-2-34(31,32)20-13-14-22(29)21(17-20)27-23(30)15-16-24-28-25(18-9-5-3-6-10-18)26(33-24)19-11-7-4-8-12-19/h3-14,17,29H,2,15-16H2,1H3,(H,27,30). The van der Waals surface area contributed by atoms with Gasteiger partial charge in [0, 0.05) is 24.0 Å². The number of carbonyl (C=O) groups is 1. The normalized spacial score (nSPS) is 11.3. The number of rotatable bonds is 8. The van der Waals surface area contributed by atoms with Crippen LogP contribution in [0.5, 0.6) is 5.75 Å². The van der Waals surface area contributed by atoms with Crippen LogP contribution in [0.2, 0.25) is 0 Å². The molecule has 0 atom stereocenters. The molecule has 0 bridgehead atoms.